The van der Waals surface area contributed by atoms with Crippen molar-refractivity contribution in [1.29, 1.82) is 0 Å². The Bertz CT molecular complexity index is 704. The molecule has 0 unspecified atom stereocenters. The van der Waals surface area contributed by atoms with Crippen molar-refractivity contribution in [3.63, 3.8) is 0 Å². The molecule has 0 fully saturated rings. The zero-order valence-corrected chi connectivity index (χ0v) is 12.8. The quantitative estimate of drug-likeness (QED) is 0.861. The van der Waals surface area contributed by atoms with Gasteiger partial charge in [-0.2, -0.15) is 5.10 Å². The van der Waals surface area contributed by atoms with Crippen LogP contribution >= 0.6 is 27.5 Å². The minimum atomic E-state index is -0.326. The van der Waals surface area contributed by atoms with Gasteiger partial charge < -0.3 is 5.32 Å². The maximum atomic E-state index is 12.1. The SMILES string of the molecule is C#CCn1ncc(Cl)c(NCc2ccc(Br)cc2)c1=O. The smallest absolute Gasteiger partial charge is 0.292 e. The topological polar surface area (TPSA) is 46.9 Å². The highest BCUT2D eigenvalue weighted by Crippen LogP contribution is 2.17. The zero-order chi connectivity index (χ0) is 14.5. The molecule has 0 saturated carbocycles. The van der Waals surface area contributed by atoms with E-state index in [2.05, 4.69) is 32.3 Å². The molecule has 0 aliphatic heterocycles. The first-order valence-corrected chi connectivity index (χ1v) is 6.96. The zero-order valence-electron chi connectivity index (χ0n) is 10.4. The number of terminal acetylenes is 1. The predicted octanol–water partition coefficient (Wildman–Crippen LogP) is 2.90. The maximum absolute atomic E-state index is 12.1. The minimum absolute atomic E-state index is 0.114. The van der Waals surface area contributed by atoms with Crippen LogP contribution in [0.25, 0.3) is 0 Å². The molecule has 20 heavy (non-hydrogen) atoms. The van der Waals surface area contributed by atoms with Crippen LogP contribution in [0, 0.1) is 12.3 Å². The standard InChI is InChI=1S/C14H11BrClN3O/c1-2-7-19-14(20)13(12(16)9-18-19)17-8-10-3-5-11(15)6-4-10/h1,3-6,9,17H,7-8H2. The molecule has 0 aliphatic carbocycles. The molecule has 1 N–H and O–H groups in total. The summed E-state index contributed by atoms with van der Waals surface area (Å²) in [5.41, 5.74) is 1.01. The summed E-state index contributed by atoms with van der Waals surface area (Å²) in [5.74, 6) is 2.38. The molecule has 1 aromatic carbocycles. The predicted molar refractivity (Wildman–Crippen MR) is 83.8 cm³/mol. The van der Waals surface area contributed by atoms with E-state index in [-0.39, 0.29) is 17.1 Å². The van der Waals surface area contributed by atoms with Gasteiger partial charge in [-0.1, -0.05) is 45.6 Å². The Hall–Kier alpha value is -1.77. The first-order valence-electron chi connectivity index (χ1n) is 5.79. The van der Waals surface area contributed by atoms with Crippen LogP contribution in [0.4, 0.5) is 5.69 Å². The van der Waals surface area contributed by atoms with Crippen LogP contribution in [0.1, 0.15) is 5.56 Å². The third-order valence-electron chi connectivity index (χ3n) is 2.62. The van der Waals surface area contributed by atoms with Crippen LogP contribution in [0.5, 0.6) is 0 Å². The Balaban J connectivity index is 2.21. The third-order valence-corrected chi connectivity index (χ3v) is 3.44. The van der Waals surface area contributed by atoms with E-state index in [4.69, 9.17) is 18.0 Å². The molecule has 0 atom stereocenters. The Morgan fingerprint density at radius 1 is 1.40 bits per heavy atom. The molecular weight excluding hydrogens is 342 g/mol. The number of halogens is 2. The molecule has 0 amide bonds. The van der Waals surface area contributed by atoms with Gasteiger partial charge in [-0.05, 0) is 17.7 Å². The van der Waals surface area contributed by atoms with E-state index in [1.165, 1.54) is 10.9 Å². The minimum Gasteiger partial charge on any atom is -0.375 e. The summed E-state index contributed by atoms with van der Waals surface area (Å²) in [7, 11) is 0. The lowest BCUT2D eigenvalue weighted by atomic mass is 10.2. The fourth-order valence-electron chi connectivity index (χ4n) is 1.62. The number of hydrogen-bond donors (Lipinski definition) is 1. The molecule has 2 rings (SSSR count). The van der Waals surface area contributed by atoms with Crippen molar-refractivity contribution >= 4 is 33.2 Å². The third kappa shape index (κ3) is 3.41. The maximum Gasteiger partial charge on any atom is 0.292 e. The van der Waals surface area contributed by atoms with Crippen molar-refractivity contribution in [1.82, 2.24) is 9.78 Å². The highest BCUT2D eigenvalue weighted by atomic mass is 79.9. The monoisotopic (exact) mass is 351 g/mol. The summed E-state index contributed by atoms with van der Waals surface area (Å²) in [6, 6.07) is 7.77. The molecule has 0 saturated heterocycles. The van der Waals surface area contributed by atoms with Gasteiger partial charge in [0, 0.05) is 11.0 Å². The molecule has 4 nitrogen and oxygen atoms in total. The number of anilines is 1. The molecule has 102 valence electrons. The molecule has 1 aromatic heterocycles. The summed E-state index contributed by atoms with van der Waals surface area (Å²) >= 11 is 9.37. The molecule has 0 bridgehead atoms. The van der Waals surface area contributed by atoms with Gasteiger partial charge >= 0.3 is 0 Å². The van der Waals surface area contributed by atoms with Crippen molar-refractivity contribution in [2.45, 2.75) is 13.1 Å². The molecule has 0 aliphatic rings. The van der Waals surface area contributed by atoms with E-state index < -0.39 is 0 Å². The number of benzene rings is 1. The first-order chi connectivity index (χ1) is 9.61. The van der Waals surface area contributed by atoms with Crippen molar-refractivity contribution in [2.75, 3.05) is 5.32 Å². The van der Waals surface area contributed by atoms with E-state index in [9.17, 15) is 4.79 Å². The second-order valence-electron chi connectivity index (χ2n) is 4.01. The normalized spacial score (nSPS) is 10.1. The van der Waals surface area contributed by atoms with Gasteiger partial charge in [0.2, 0.25) is 0 Å². The molecular formula is C14H11BrClN3O. The van der Waals surface area contributed by atoms with E-state index in [1.54, 1.807) is 0 Å². The average Bonchev–Trinajstić information content (AvgIpc) is 2.44. The van der Waals surface area contributed by atoms with Crippen LogP contribution in [0.2, 0.25) is 5.02 Å². The summed E-state index contributed by atoms with van der Waals surface area (Å²) < 4.78 is 2.19. The largest absolute Gasteiger partial charge is 0.375 e. The van der Waals surface area contributed by atoms with Gasteiger partial charge in [0.1, 0.15) is 12.2 Å². The highest BCUT2D eigenvalue weighted by Gasteiger charge is 2.09. The molecule has 1 heterocycles. The van der Waals surface area contributed by atoms with Crippen LogP contribution in [0.3, 0.4) is 0 Å². The Morgan fingerprint density at radius 2 is 2.10 bits per heavy atom. The second-order valence-corrected chi connectivity index (χ2v) is 5.34. The molecule has 0 radical (unpaired) electrons. The van der Waals surface area contributed by atoms with E-state index in [0.29, 0.717) is 12.2 Å². The Kier molecular flexibility index (Phi) is 4.83. The second kappa shape index (κ2) is 6.60. The molecule has 6 heteroatoms. The molecule has 0 spiro atoms. The Morgan fingerprint density at radius 3 is 2.75 bits per heavy atom. The summed E-state index contributed by atoms with van der Waals surface area (Å²) in [5, 5.41) is 7.18. The summed E-state index contributed by atoms with van der Waals surface area (Å²) in [6.07, 6.45) is 6.60. The number of nitrogens with zero attached hydrogens (tertiary/aromatic N) is 2. The van der Waals surface area contributed by atoms with Crippen molar-refractivity contribution < 1.29 is 0 Å². The number of aromatic nitrogens is 2. The van der Waals surface area contributed by atoms with Crippen molar-refractivity contribution in [2.24, 2.45) is 0 Å². The number of hydrogen-bond acceptors (Lipinski definition) is 3. The van der Waals surface area contributed by atoms with Crippen LogP contribution < -0.4 is 10.9 Å². The fraction of sp³-hybridized carbons (Fsp3) is 0.143. The van der Waals surface area contributed by atoms with E-state index in [0.717, 1.165) is 10.0 Å². The van der Waals surface area contributed by atoms with Gasteiger partial charge in [-0.3, -0.25) is 4.79 Å². The van der Waals surface area contributed by atoms with Gasteiger partial charge in [0.15, 0.2) is 0 Å². The van der Waals surface area contributed by atoms with Crippen molar-refractivity contribution in [3.05, 3.63) is 55.9 Å². The van der Waals surface area contributed by atoms with Crippen molar-refractivity contribution in [3.8, 4) is 12.3 Å². The van der Waals surface area contributed by atoms with Gasteiger partial charge in [-0.25, -0.2) is 4.68 Å². The number of rotatable bonds is 4. The van der Waals surface area contributed by atoms with Crippen LogP contribution in [-0.2, 0) is 13.1 Å². The van der Waals surface area contributed by atoms with Gasteiger partial charge in [-0.15, -0.1) is 6.42 Å². The lowest BCUT2D eigenvalue weighted by molar-refractivity contribution is 0.664. The number of nitrogens with one attached hydrogen (secondary N) is 1. The first kappa shape index (κ1) is 14.6. The average molecular weight is 353 g/mol. The highest BCUT2D eigenvalue weighted by molar-refractivity contribution is 9.10. The fourth-order valence-corrected chi connectivity index (χ4v) is 2.08. The van der Waals surface area contributed by atoms with Crippen LogP contribution in [0.15, 0.2) is 39.7 Å². The summed E-state index contributed by atoms with van der Waals surface area (Å²) in [6.45, 7) is 0.602. The summed E-state index contributed by atoms with van der Waals surface area (Å²) in [4.78, 5) is 12.1. The van der Waals surface area contributed by atoms with Gasteiger partial charge in [0.25, 0.3) is 5.56 Å². The van der Waals surface area contributed by atoms with Gasteiger partial charge in [0.05, 0.1) is 11.2 Å². The van der Waals surface area contributed by atoms with E-state index >= 15 is 0 Å². The lowest BCUT2D eigenvalue weighted by Gasteiger charge is -2.09. The van der Waals surface area contributed by atoms with E-state index in [1.807, 2.05) is 24.3 Å². The van der Waals surface area contributed by atoms with Crippen LogP contribution in [-0.4, -0.2) is 9.78 Å². The lowest BCUT2D eigenvalue weighted by Crippen LogP contribution is -2.25. The Labute approximate surface area is 129 Å². The molecule has 2 aromatic rings.